The second-order valence-electron chi connectivity index (χ2n) is 6.95. The van der Waals surface area contributed by atoms with Gasteiger partial charge in [0.1, 0.15) is 0 Å². The Bertz CT molecular complexity index is 1190. The number of ether oxygens (including phenoxy) is 1. The first-order chi connectivity index (χ1) is 14.5. The smallest absolute Gasteiger partial charge is 0.267 e. The van der Waals surface area contributed by atoms with Gasteiger partial charge in [-0.25, -0.2) is 9.37 Å². The Morgan fingerprint density at radius 2 is 1.93 bits per heavy atom. The van der Waals surface area contributed by atoms with E-state index in [-0.39, 0.29) is 24.8 Å². The summed E-state index contributed by atoms with van der Waals surface area (Å²) in [6, 6.07) is 15.7. The van der Waals surface area contributed by atoms with Crippen LogP contribution in [0, 0.1) is 19.7 Å². The van der Waals surface area contributed by atoms with Crippen LogP contribution < -0.4 is 9.64 Å². The van der Waals surface area contributed by atoms with Gasteiger partial charge in [-0.2, -0.15) is 0 Å². The molecule has 7 heteroatoms. The highest BCUT2D eigenvalue weighted by atomic mass is 32.1. The first-order valence-corrected chi connectivity index (χ1v) is 10.3. The van der Waals surface area contributed by atoms with Crippen molar-refractivity contribution in [2.75, 3.05) is 11.5 Å². The summed E-state index contributed by atoms with van der Waals surface area (Å²) in [7, 11) is 0. The summed E-state index contributed by atoms with van der Waals surface area (Å²) < 4.78 is 20.3. The van der Waals surface area contributed by atoms with E-state index in [0.717, 1.165) is 27.0 Å². The first kappa shape index (κ1) is 20.0. The number of hydrogen-bond acceptors (Lipinski definition) is 5. The van der Waals surface area contributed by atoms with E-state index in [4.69, 9.17) is 9.72 Å². The molecule has 0 atom stereocenters. The van der Waals surface area contributed by atoms with E-state index in [1.807, 2.05) is 32.0 Å². The van der Waals surface area contributed by atoms with Crippen LogP contribution in [0.15, 0.2) is 60.8 Å². The molecule has 2 heterocycles. The molecule has 4 rings (SSSR count). The van der Waals surface area contributed by atoms with Crippen LogP contribution in [0.25, 0.3) is 10.2 Å². The van der Waals surface area contributed by atoms with E-state index in [1.54, 1.807) is 23.2 Å². The van der Waals surface area contributed by atoms with Crippen LogP contribution in [0.5, 0.6) is 5.75 Å². The van der Waals surface area contributed by atoms with E-state index in [2.05, 4.69) is 17.1 Å². The molecule has 0 aliphatic carbocycles. The average Bonchev–Trinajstić information content (AvgIpc) is 3.16. The minimum Gasteiger partial charge on any atom is -0.481 e. The number of thiazole rings is 1. The number of carbonyl (C=O) groups excluding carboxylic acids is 1. The molecule has 2 aromatic heterocycles. The maximum atomic E-state index is 13.9. The molecular formula is C23H20FN3O2S. The van der Waals surface area contributed by atoms with E-state index in [0.29, 0.717) is 5.13 Å². The molecule has 5 nitrogen and oxygen atoms in total. The number of aromatic nitrogens is 2. The molecular weight excluding hydrogens is 401 g/mol. The lowest BCUT2D eigenvalue weighted by Crippen LogP contribution is -2.34. The Balaban J connectivity index is 1.65. The second kappa shape index (κ2) is 8.59. The number of hydrogen-bond donors (Lipinski definition) is 0. The van der Waals surface area contributed by atoms with E-state index >= 15 is 0 Å². The standard InChI is InChI=1S/C23H20FN3O2S/c1-15-11-16(2)22-20(12-15)30-23(26-22)27(13-17-7-5-6-10-25-17)21(28)14-29-19-9-4-3-8-18(19)24/h3-12H,13-14H2,1-2H3. The van der Waals surface area contributed by atoms with Gasteiger partial charge in [0, 0.05) is 6.20 Å². The van der Waals surface area contributed by atoms with Crippen molar-refractivity contribution >= 4 is 32.6 Å². The van der Waals surface area contributed by atoms with Gasteiger partial charge in [0.25, 0.3) is 5.91 Å². The molecule has 0 unspecified atom stereocenters. The summed E-state index contributed by atoms with van der Waals surface area (Å²) in [4.78, 5) is 23.7. The predicted molar refractivity (Wildman–Crippen MR) is 116 cm³/mol. The summed E-state index contributed by atoms with van der Waals surface area (Å²) in [5.74, 6) is -0.788. The fourth-order valence-electron chi connectivity index (χ4n) is 3.17. The SMILES string of the molecule is Cc1cc(C)c2nc(N(Cc3ccccn3)C(=O)COc3ccccc3F)sc2c1. The predicted octanol–water partition coefficient (Wildman–Crippen LogP) is 5.06. The van der Waals surface area contributed by atoms with Gasteiger partial charge >= 0.3 is 0 Å². The lowest BCUT2D eigenvalue weighted by molar-refractivity contribution is -0.120. The zero-order chi connectivity index (χ0) is 21.1. The largest absolute Gasteiger partial charge is 0.481 e. The maximum Gasteiger partial charge on any atom is 0.267 e. The van der Waals surface area contributed by atoms with Gasteiger partial charge in [-0.15, -0.1) is 0 Å². The molecule has 0 saturated carbocycles. The van der Waals surface area contributed by atoms with Crippen molar-refractivity contribution in [3.63, 3.8) is 0 Å². The van der Waals surface area contributed by atoms with Crippen molar-refractivity contribution in [1.82, 2.24) is 9.97 Å². The quantitative estimate of drug-likeness (QED) is 0.437. The third kappa shape index (κ3) is 4.31. The molecule has 0 bridgehead atoms. The summed E-state index contributed by atoms with van der Waals surface area (Å²) in [6.45, 7) is 3.98. The third-order valence-electron chi connectivity index (χ3n) is 4.58. The summed E-state index contributed by atoms with van der Waals surface area (Å²) >= 11 is 1.44. The summed E-state index contributed by atoms with van der Waals surface area (Å²) in [5.41, 5.74) is 3.79. The second-order valence-corrected chi connectivity index (χ2v) is 7.95. The fourth-order valence-corrected chi connectivity index (χ4v) is 4.33. The molecule has 0 radical (unpaired) electrons. The highest BCUT2D eigenvalue weighted by Crippen LogP contribution is 2.32. The van der Waals surface area contributed by atoms with Crippen molar-refractivity contribution < 1.29 is 13.9 Å². The zero-order valence-electron chi connectivity index (χ0n) is 16.6. The van der Waals surface area contributed by atoms with Crippen molar-refractivity contribution in [2.24, 2.45) is 0 Å². The number of para-hydroxylation sites is 1. The molecule has 30 heavy (non-hydrogen) atoms. The van der Waals surface area contributed by atoms with E-state index in [9.17, 15) is 9.18 Å². The van der Waals surface area contributed by atoms with Crippen LogP contribution >= 0.6 is 11.3 Å². The number of pyridine rings is 1. The molecule has 152 valence electrons. The van der Waals surface area contributed by atoms with Crippen LogP contribution in [-0.4, -0.2) is 22.5 Å². The lowest BCUT2D eigenvalue weighted by atomic mass is 10.1. The van der Waals surface area contributed by atoms with Crippen LogP contribution in [0.3, 0.4) is 0 Å². The molecule has 0 saturated heterocycles. The number of anilines is 1. The van der Waals surface area contributed by atoms with Gasteiger partial charge < -0.3 is 4.74 Å². The summed E-state index contributed by atoms with van der Waals surface area (Å²) in [5, 5.41) is 0.562. The highest BCUT2D eigenvalue weighted by Gasteiger charge is 2.22. The van der Waals surface area contributed by atoms with Crippen LogP contribution in [-0.2, 0) is 11.3 Å². The molecule has 4 aromatic rings. The number of amides is 1. The van der Waals surface area contributed by atoms with E-state index < -0.39 is 5.82 Å². The topological polar surface area (TPSA) is 55.3 Å². The highest BCUT2D eigenvalue weighted by molar-refractivity contribution is 7.22. The van der Waals surface area contributed by atoms with Crippen molar-refractivity contribution in [3.8, 4) is 5.75 Å². The minimum atomic E-state index is -0.507. The molecule has 0 aliphatic rings. The normalized spacial score (nSPS) is 10.9. The molecule has 1 amide bonds. The van der Waals surface area contributed by atoms with E-state index in [1.165, 1.54) is 23.5 Å². The molecule has 0 N–H and O–H groups in total. The van der Waals surface area contributed by atoms with Gasteiger partial charge in [-0.05, 0) is 55.3 Å². The van der Waals surface area contributed by atoms with Gasteiger partial charge in [-0.3, -0.25) is 14.7 Å². The molecule has 2 aromatic carbocycles. The number of aryl methyl sites for hydroxylation is 2. The number of fused-ring (bicyclic) bond motifs is 1. The number of carbonyl (C=O) groups is 1. The third-order valence-corrected chi connectivity index (χ3v) is 5.61. The zero-order valence-corrected chi connectivity index (χ0v) is 17.4. The molecule has 0 spiro atoms. The number of benzene rings is 2. The van der Waals surface area contributed by atoms with Gasteiger partial charge in [0.15, 0.2) is 23.3 Å². The Morgan fingerprint density at radius 1 is 1.13 bits per heavy atom. The Morgan fingerprint density at radius 3 is 2.70 bits per heavy atom. The monoisotopic (exact) mass is 421 g/mol. The lowest BCUT2D eigenvalue weighted by Gasteiger charge is -2.19. The first-order valence-electron chi connectivity index (χ1n) is 9.46. The van der Waals surface area contributed by atoms with Crippen LogP contribution in [0.1, 0.15) is 16.8 Å². The molecule has 0 aliphatic heterocycles. The van der Waals surface area contributed by atoms with Gasteiger partial charge in [-0.1, -0.05) is 35.6 Å². The number of halogens is 1. The number of nitrogens with zero attached hydrogens (tertiary/aromatic N) is 3. The van der Waals surface area contributed by atoms with Crippen LogP contribution in [0.4, 0.5) is 9.52 Å². The van der Waals surface area contributed by atoms with Crippen molar-refractivity contribution in [3.05, 3.63) is 83.4 Å². The Hall–Kier alpha value is -3.32. The Labute approximate surface area is 177 Å². The average molecular weight is 421 g/mol. The van der Waals surface area contributed by atoms with Crippen LogP contribution in [0.2, 0.25) is 0 Å². The Kier molecular flexibility index (Phi) is 5.72. The minimum absolute atomic E-state index is 0.0411. The van der Waals surface area contributed by atoms with Gasteiger partial charge in [0.2, 0.25) is 0 Å². The van der Waals surface area contributed by atoms with Crippen molar-refractivity contribution in [2.45, 2.75) is 20.4 Å². The summed E-state index contributed by atoms with van der Waals surface area (Å²) in [6.07, 6.45) is 1.68. The van der Waals surface area contributed by atoms with Gasteiger partial charge in [0.05, 0.1) is 22.5 Å². The fraction of sp³-hybridized carbons (Fsp3) is 0.174. The number of rotatable bonds is 6. The maximum absolute atomic E-state index is 13.9. The van der Waals surface area contributed by atoms with Crippen molar-refractivity contribution in [1.29, 1.82) is 0 Å². The molecule has 0 fully saturated rings.